The van der Waals surface area contributed by atoms with E-state index in [9.17, 15) is 23.7 Å². The van der Waals surface area contributed by atoms with Crippen LogP contribution in [0.1, 0.15) is 12.0 Å². The van der Waals surface area contributed by atoms with E-state index in [4.69, 9.17) is 42.2 Å². The van der Waals surface area contributed by atoms with E-state index in [-0.39, 0.29) is 23.8 Å². The third-order valence-electron chi connectivity index (χ3n) is 5.57. The van der Waals surface area contributed by atoms with Crippen LogP contribution in [0.4, 0.5) is 19.8 Å². The minimum absolute atomic E-state index is 0.0228. The van der Waals surface area contributed by atoms with E-state index in [2.05, 4.69) is 20.3 Å². The number of amides is 3. The summed E-state index contributed by atoms with van der Waals surface area (Å²) in [7, 11) is -3.53. The molecule has 0 spiro atoms. The van der Waals surface area contributed by atoms with Gasteiger partial charge in [0.1, 0.15) is 12.4 Å². The van der Waals surface area contributed by atoms with Gasteiger partial charge in [0.25, 0.3) is 0 Å². The maximum absolute atomic E-state index is 13.7. The Morgan fingerprint density at radius 1 is 1.17 bits per heavy atom. The highest BCUT2D eigenvalue weighted by atomic mass is 35.5. The van der Waals surface area contributed by atoms with Crippen LogP contribution in [-0.2, 0) is 20.4 Å². The Labute approximate surface area is 243 Å². The number of aliphatic hydroxyl groups excluding tert-OH is 1. The molecule has 0 saturated carbocycles. The molecule has 5 N–H and O–H groups in total. The number of phosphoric acid groups is 1. The van der Waals surface area contributed by atoms with Gasteiger partial charge in [-0.25, -0.2) is 18.5 Å². The third-order valence-corrected chi connectivity index (χ3v) is 6.71. The average Bonchev–Trinajstić information content (AvgIpc) is 3.38. The molecule has 17 heteroatoms. The smallest absolute Gasteiger partial charge is 0.447 e. The summed E-state index contributed by atoms with van der Waals surface area (Å²) in [5.74, 6) is -0.317. The molecule has 0 bridgehead atoms. The van der Waals surface area contributed by atoms with Gasteiger partial charge in [-0.2, -0.15) is 0 Å². The van der Waals surface area contributed by atoms with Crippen molar-refractivity contribution in [2.75, 3.05) is 25.6 Å². The van der Waals surface area contributed by atoms with Gasteiger partial charge in [0.15, 0.2) is 11.6 Å². The number of urea groups is 1. The Hall–Kier alpha value is -3.23. The van der Waals surface area contributed by atoms with E-state index in [1.165, 1.54) is 25.2 Å². The van der Waals surface area contributed by atoms with E-state index in [0.717, 1.165) is 11.0 Å². The quantitative estimate of drug-likeness (QED) is 0.179. The number of benzene rings is 2. The highest BCUT2D eigenvalue weighted by Crippen LogP contribution is 2.36. The lowest BCUT2D eigenvalue weighted by atomic mass is 10.1. The van der Waals surface area contributed by atoms with Crippen molar-refractivity contribution in [1.82, 2.24) is 15.4 Å². The highest BCUT2D eigenvalue weighted by molar-refractivity contribution is 7.46. The lowest BCUT2D eigenvalue weighted by Gasteiger charge is -2.29. The van der Waals surface area contributed by atoms with Crippen molar-refractivity contribution in [1.29, 1.82) is 0 Å². The molecule has 0 aliphatic carbocycles. The summed E-state index contributed by atoms with van der Waals surface area (Å²) in [6, 6.07) is 10.6. The zero-order chi connectivity index (χ0) is 30.2. The van der Waals surface area contributed by atoms with Gasteiger partial charge in [-0.1, -0.05) is 52.6 Å². The number of hydrogen-bond donors (Lipinski definition) is 5. The SMILES string of the molecule is CN(C(=O)NCc1cccc(F)c1Cl)[C@H](COC(=O)Nc1cc(-c2cccc(Cl)c2)on1)C[C@@H](O)COP(=O)(O)O. The van der Waals surface area contributed by atoms with Crippen molar-refractivity contribution < 1.29 is 47.2 Å². The van der Waals surface area contributed by atoms with Crippen molar-refractivity contribution in [3.8, 4) is 11.3 Å². The molecule has 2 atom stereocenters. The first-order chi connectivity index (χ1) is 19.3. The van der Waals surface area contributed by atoms with Crippen molar-refractivity contribution >= 4 is 49.0 Å². The van der Waals surface area contributed by atoms with Crippen LogP contribution in [0.3, 0.4) is 0 Å². The number of nitrogens with zero attached hydrogens (tertiary/aromatic N) is 2. The number of halogens is 3. The van der Waals surface area contributed by atoms with Gasteiger partial charge in [0, 0.05) is 30.2 Å². The summed E-state index contributed by atoms with van der Waals surface area (Å²) in [5.41, 5.74) is 0.922. The van der Waals surface area contributed by atoms with Crippen LogP contribution in [0.5, 0.6) is 0 Å². The maximum atomic E-state index is 13.7. The van der Waals surface area contributed by atoms with Crippen molar-refractivity contribution in [2.45, 2.75) is 25.1 Å². The Morgan fingerprint density at radius 3 is 2.61 bits per heavy atom. The number of likely N-dealkylation sites (N-methyl/N-ethyl adjacent to an activating group) is 1. The summed E-state index contributed by atoms with van der Waals surface area (Å²) in [5, 5.41) is 19.2. The fourth-order valence-corrected chi connectivity index (χ4v) is 4.22. The Morgan fingerprint density at radius 2 is 1.90 bits per heavy atom. The molecule has 0 aliphatic rings. The molecule has 3 amide bonds. The normalized spacial score (nSPS) is 12.9. The van der Waals surface area contributed by atoms with Crippen LogP contribution in [0, 0.1) is 5.82 Å². The van der Waals surface area contributed by atoms with E-state index in [1.807, 2.05) is 0 Å². The Bertz CT molecular complexity index is 1410. The summed E-state index contributed by atoms with van der Waals surface area (Å²) >= 11 is 11.9. The molecule has 0 radical (unpaired) electrons. The number of aromatic nitrogens is 1. The molecule has 1 heterocycles. The predicted octanol–water partition coefficient (Wildman–Crippen LogP) is 4.41. The minimum atomic E-state index is -4.87. The van der Waals surface area contributed by atoms with Crippen LogP contribution in [0.25, 0.3) is 11.3 Å². The number of ether oxygens (including phenoxy) is 1. The summed E-state index contributed by atoms with van der Waals surface area (Å²) < 4.78 is 39.4. The van der Waals surface area contributed by atoms with Crippen LogP contribution in [0.2, 0.25) is 10.0 Å². The molecular weight excluding hydrogens is 609 g/mol. The van der Waals surface area contributed by atoms with Gasteiger partial charge in [-0.3, -0.25) is 9.84 Å². The highest BCUT2D eigenvalue weighted by Gasteiger charge is 2.27. The molecule has 41 heavy (non-hydrogen) atoms. The monoisotopic (exact) mass is 634 g/mol. The molecule has 0 aliphatic heterocycles. The van der Waals surface area contributed by atoms with E-state index in [1.54, 1.807) is 24.3 Å². The molecule has 3 aromatic rings. The van der Waals surface area contributed by atoms with Gasteiger partial charge >= 0.3 is 19.9 Å². The summed E-state index contributed by atoms with van der Waals surface area (Å²) in [6.45, 7) is -1.35. The second-order valence-corrected chi connectivity index (χ2v) is 10.7. The summed E-state index contributed by atoms with van der Waals surface area (Å²) in [4.78, 5) is 44.1. The van der Waals surface area contributed by atoms with Crippen LogP contribution in [-0.4, -0.2) is 69.5 Å². The average molecular weight is 635 g/mol. The molecular formula is C24H26Cl2FN4O9P. The lowest BCUT2D eigenvalue weighted by molar-refractivity contribution is 0.0452. The summed E-state index contributed by atoms with van der Waals surface area (Å²) in [6.07, 6.45) is -2.73. The predicted molar refractivity (Wildman–Crippen MR) is 146 cm³/mol. The standard InChI is InChI=1S/C24H26Cl2FN4O9P/c1-31(23(33)28-11-15-5-3-7-19(27)22(15)26)17(9-18(32)13-39-41(35,36)37)12-38-24(34)29-21-10-20(40-30-21)14-4-2-6-16(25)8-14/h2-8,10,17-18,32H,9,11-13H2,1H3,(H,28,33)(H,29,30,34)(H2,35,36,37)/t17-,18+/m0/s1. The van der Waals surface area contributed by atoms with Crippen molar-refractivity contribution in [3.63, 3.8) is 0 Å². The molecule has 2 aromatic carbocycles. The largest absolute Gasteiger partial charge is 0.469 e. The molecule has 3 rings (SSSR count). The van der Waals surface area contributed by atoms with Crippen LogP contribution < -0.4 is 10.6 Å². The van der Waals surface area contributed by atoms with Crippen molar-refractivity contribution in [3.05, 3.63) is 70.0 Å². The maximum Gasteiger partial charge on any atom is 0.469 e. The Kier molecular flexibility index (Phi) is 11.5. The number of phosphoric ester groups is 1. The lowest BCUT2D eigenvalue weighted by Crippen LogP contribution is -2.47. The van der Waals surface area contributed by atoms with Crippen LogP contribution >= 0.6 is 31.0 Å². The zero-order valence-corrected chi connectivity index (χ0v) is 23.8. The molecule has 0 unspecified atom stereocenters. The van der Waals surface area contributed by atoms with Gasteiger partial charge in [0.05, 0.1) is 23.8 Å². The molecule has 0 fully saturated rings. The van der Waals surface area contributed by atoms with Gasteiger partial charge in [-0.05, 0) is 30.2 Å². The number of carbonyl (C=O) groups is 2. The number of carbonyl (C=O) groups excluding carboxylic acids is 2. The second-order valence-electron chi connectivity index (χ2n) is 8.62. The first-order valence-electron chi connectivity index (χ1n) is 11.8. The molecule has 1 aromatic heterocycles. The molecule has 13 nitrogen and oxygen atoms in total. The first kappa shape index (κ1) is 32.3. The fourth-order valence-electron chi connectivity index (χ4n) is 3.47. The third kappa shape index (κ3) is 10.3. The number of hydrogen-bond acceptors (Lipinski definition) is 8. The molecule has 0 saturated heterocycles. The number of rotatable bonds is 12. The number of anilines is 1. The topological polar surface area (TPSA) is 184 Å². The van der Waals surface area contributed by atoms with Gasteiger partial charge in [0.2, 0.25) is 0 Å². The van der Waals surface area contributed by atoms with E-state index in [0.29, 0.717) is 21.9 Å². The fraction of sp³-hybridized carbons (Fsp3) is 0.292. The van der Waals surface area contributed by atoms with Gasteiger partial charge in [-0.15, -0.1) is 0 Å². The van der Waals surface area contributed by atoms with E-state index >= 15 is 0 Å². The minimum Gasteiger partial charge on any atom is -0.447 e. The number of aliphatic hydroxyl groups is 1. The Balaban J connectivity index is 1.63. The van der Waals surface area contributed by atoms with Gasteiger partial charge < -0.3 is 34.4 Å². The zero-order valence-electron chi connectivity index (χ0n) is 21.4. The van der Waals surface area contributed by atoms with Crippen LogP contribution in [0.15, 0.2) is 53.1 Å². The number of nitrogens with one attached hydrogen (secondary N) is 2. The van der Waals surface area contributed by atoms with E-state index < -0.39 is 51.1 Å². The van der Waals surface area contributed by atoms with Crippen molar-refractivity contribution in [2.24, 2.45) is 0 Å². The molecule has 222 valence electrons. The first-order valence-corrected chi connectivity index (χ1v) is 14.1. The second kappa shape index (κ2) is 14.6.